The van der Waals surface area contributed by atoms with Crippen molar-refractivity contribution in [2.75, 3.05) is 0 Å². The van der Waals surface area contributed by atoms with E-state index < -0.39 is 0 Å². The fourth-order valence-electron chi connectivity index (χ4n) is 3.23. The number of rotatable bonds is 2. The predicted molar refractivity (Wildman–Crippen MR) is 66.7 cm³/mol. The molecular formula is C13H22N4. The maximum Gasteiger partial charge on any atom is 0.153 e. The molecule has 0 spiro atoms. The largest absolute Gasteiger partial charge is 0.304 e. The SMILES string of the molecule is CC(C)c1n[nH]c(C2CC3CCCCC3N2)n1. The Bertz CT molecular complexity index is 371. The van der Waals surface area contributed by atoms with Crippen LogP contribution in [0.25, 0.3) is 0 Å². The molecule has 3 rings (SSSR count). The summed E-state index contributed by atoms with van der Waals surface area (Å²) in [7, 11) is 0. The second-order valence-electron chi connectivity index (χ2n) is 5.84. The lowest BCUT2D eigenvalue weighted by molar-refractivity contribution is 0.325. The highest BCUT2D eigenvalue weighted by Crippen LogP contribution is 2.38. The Kier molecular flexibility index (Phi) is 2.90. The number of H-pyrrole nitrogens is 1. The fourth-order valence-corrected chi connectivity index (χ4v) is 3.23. The van der Waals surface area contributed by atoms with Crippen LogP contribution in [0.5, 0.6) is 0 Å². The molecule has 3 unspecified atom stereocenters. The molecule has 17 heavy (non-hydrogen) atoms. The molecule has 0 amide bonds. The minimum atomic E-state index is 0.406. The minimum absolute atomic E-state index is 0.406. The van der Waals surface area contributed by atoms with Gasteiger partial charge in [-0.1, -0.05) is 26.7 Å². The number of hydrogen-bond acceptors (Lipinski definition) is 3. The zero-order chi connectivity index (χ0) is 11.8. The van der Waals surface area contributed by atoms with Crippen molar-refractivity contribution in [2.24, 2.45) is 5.92 Å². The van der Waals surface area contributed by atoms with Crippen LogP contribution in [0.15, 0.2) is 0 Å². The third-order valence-corrected chi connectivity index (χ3v) is 4.23. The van der Waals surface area contributed by atoms with E-state index in [1.807, 2.05) is 0 Å². The average Bonchev–Trinajstić information content (AvgIpc) is 2.95. The molecule has 1 saturated heterocycles. The summed E-state index contributed by atoms with van der Waals surface area (Å²) in [5, 5.41) is 11.1. The van der Waals surface area contributed by atoms with Gasteiger partial charge in [-0.3, -0.25) is 5.10 Å². The molecule has 0 aromatic carbocycles. The topological polar surface area (TPSA) is 53.6 Å². The lowest BCUT2D eigenvalue weighted by Gasteiger charge is -2.24. The molecule has 94 valence electrons. The Hall–Kier alpha value is -0.900. The van der Waals surface area contributed by atoms with Crippen molar-refractivity contribution >= 4 is 0 Å². The van der Waals surface area contributed by atoms with Crippen LogP contribution in [0.2, 0.25) is 0 Å². The predicted octanol–water partition coefficient (Wildman–Crippen LogP) is 2.52. The molecule has 1 aliphatic carbocycles. The van der Waals surface area contributed by atoms with Crippen LogP contribution in [0.1, 0.15) is 69.6 Å². The number of nitrogens with one attached hydrogen (secondary N) is 2. The summed E-state index contributed by atoms with van der Waals surface area (Å²) in [6.07, 6.45) is 6.75. The molecule has 2 aliphatic rings. The van der Waals surface area contributed by atoms with Crippen molar-refractivity contribution in [1.82, 2.24) is 20.5 Å². The summed E-state index contributed by atoms with van der Waals surface area (Å²) in [4.78, 5) is 4.62. The summed E-state index contributed by atoms with van der Waals surface area (Å²) in [5.41, 5.74) is 0. The Morgan fingerprint density at radius 3 is 2.76 bits per heavy atom. The Morgan fingerprint density at radius 1 is 1.24 bits per heavy atom. The summed E-state index contributed by atoms with van der Waals surface area (Å²) < 4.78 is 0. The van der Waals surface area contributed by atoms with Crippen molar-refractivity contribution in [3.8, 4) is 0 Å². The van der Waals surface area contributed by atoms with E-state index in [4.69, 9.17) is 0 Å². The van der Waals surface area contributed by atoms with Crippen LogP contribution >= 0.6 is 0 Å². The van der Waals surface area contributed by atoms with E-state index in [0.29, 0.717) is 12.0 Å². The zero-order valence-corrected chi connectivity index (χ0v) is 10.7. The number of fused-ring (bicyclic) bond motifs is 1. The first-order valence-corrected chi connectivity index (χ1v) is 6.92. The van der Waals surface area contributed by atoms with Gasteiger partial charge in [-0.15, -0.1) is 0 Å². The van der Waals surface area contributed by atoms with Gasteiger partial charge in [-0.2, -0.15) is 5.10 Å². The van der Waals surface area contributed by atoms with E-state index in [9.17, 15) is 0 Å². The molecule has 3 atom stereocenters. The summed E-state index contributed by atoms with van der Waals surface area (Å²) >= 11 is 0. The molecule has 2 fully saturated rings. The summed E-state index contributed by atoms with van der Waals surface area (Å²) in [5.74, 6) is 3.25. The van der Waals surface area contributed by atoms with E-state index >= 15 is 0 Å². The normalized spacial score (nSPS) is 33.0. The van der Waals surface area contributed by atoms with E-state index in [0.717, 1.165) is 23.6 Å². The second kappa shape index (κ2) is 4.41. The Balaban J connectivity index is 1.72. The van der Waals surface area contributed by atoms with Crippen molar-refractivity contribution in [3.05, 3.63) is 11.6 Å². The average molecular weight is 234 g/mol. The third kappa shape index (κ3) is 2.10. The van der Waals surface area contributed by atoms with E-state index in [1.54, 1.807) is 0 Å². The van der Waals surface area contributed by atoms with Gasteiger partial charge in [-0.05, 0) is 25.2 Å². The summed E-state index contributed by atoms with van der Waals surface area (Å²) in [6, 6.07) is 1.13. The van der Waals surface area contributed by atoms with Crippen molar-refractivity contribution in [2.45, 2.75) is 64.0 Å². The molecule has 4 nitrogen and oxygen atoms in total. The van der Waals surface area contributed by atoms with Crippen LogP contribution in [0, 0.1) is 5.92 Å². The molecule has 1 aliphatic heterocycles. The van der Waals surface area contributed by atoms with Gasteiger partial charge in [0.2, 0.25) is 0 Å². The lowest BCUT2D eigenvalue weighted by Crippen LogP contribution is -2.30. The zero-order valence-electron chi connectivity index (χ0n) is 10.7. The van der Waals surface area contributed by atoms with Gasteiger partial charge in [0.15, 0.2) is 5.82 Å². The van der Waals surface area contributed by atoms with Gasteiger partial charge < -0.3 is 5.32 Å². The smallest absolute Gasteiger partial charge is 0.153 e. The Labute approximate surface area is 103 Å². The first-order valence-electron chi connectivity index (χ1n) is 6.92. The molecule has 2 heterocycles. The first-order chi connectivity index (χ1) is 8.24. The first kappa shape index (κ1) is 11.2. The van der Waals surface area contributed by atoms with Crippen LogP contribution in [0.3, 0.4) is 0 Å². The van der Waals surface area contributed by atoms with Crippen molar-refractivity contribution in [1.29, 1.82) is 0 Å². The van der Waals surface area contributed by atoms with Crippen LogP contribution < -0.4 is 5.32 Å². The van der Waals surface area contributed by atoms with Crippen LogP contribution in [-0.2, 0) is 0 Å². The molecule has 0 bridgehead atoms. The van der Waals surface area contributed by atoms with Gasteiger partial charge in [0.1, 0.15) is 5.82 Å². The van der Waals surface area contributed by atoms with Crippen molar-refractivity contribution in [3.63, 3.8) is 0 Å². The van der Waals surface area contributed by atoms with Gasteiger partial charge >= 0.3 is 0 Å². The van der Waals surface area contributed by atoms with E-state index in [-0.39, 0.29) is 0 Å². The Morgan fingerprint density at radius 2 is 2.06 bits per heavy atom. The molecule has 4 heteroatoms. The standard InChI is InChI=1S/C13H22N4/c1-8(2)12-15-13(17-16-12)11-7-9-5-3-4-6-10(9)14-11/h8-11,14H,3-7H2,1-2H3,(H,15,16,17). The fraction of sp³-hybridized carbons (Fsp3) is 0.846. The lowest BCUT2D eigenvalue weighted by atomic mass is 9.85. The second-order valence-corrected chi connectivity index (χ2v) is 5.84. The minimum Gasteiger partial charge on any atom is -0.304 e. The van der Waals surface area contributed by atoms with E-state index in [1.165, 1.54) is 32.1 Å². The number of nitrogens with zero attached hydrogens (tertiary/aromatic N) is 2. The summed E-state index contributed by atoms with van der Waals surface area (Å²) in [6.45, 7) is 4.27. The van der Waals surface area contributed by atoms with Gasteiger partial charge in [0, 0.05) is 12.0 Å². The van der Waals surface area contributed by atoms with Gasteiger partial charge in [0.05, 0.1) is 6.04 Å². The quantitative estimate of drug-likeness (QED) is 0.826. The highest BCUT2D eigenvalue weighted by atomic mass is 15.2. The van der Waals surface area contributed by atoms with E-state index in [2.05, 4.69) is 34.3 Å². The number of aromatic nitrogens is 3. The highest BCUT2D eigenvalue weighted by Gasteiger charge is 2.37. The molecule has 2 N–H and O–H groups in total. The van der Waals surface area contributed by atoms with Crippen molar-refractivity contribution < 1.29 is 0 Å². The maximum atomic E-state index is 4.62. The molecular weight excluding hydrogens is 212 g/mol. The van der Waals surface area contributed by atoms with Gasteiger partial charge in [0.25, 0.3) is 0 Å². The highest BCUT2D eigenvalue weighted by molar-refractivity contribution is 5.05. The maximum absolute atomic E-state index is 4.62. The molecule has 0 radical (unpaired) electrons. The monoisotopic (exact) mass is 234 g/mol. The number of hydrogen-bond donors (Lipinski definition) is 2. The van der Waals surface area contributed by atoms with Crippen LogP contribution in [-0.4, -0.2) is 21.2 Å². The number of aromatic amines is 1. The molecule has 1 saturated carbocycles. The molecule has 1 aromatic rings. The molecule has 1 aromatic heterocycles. The third-order valence-electron chi connectivity index (χ3n) is 4.23. The van der Waals surface area contributed by atoms with Crippen LogP contribution in [0.4, 0.5) is 0 Å². The van der Waals surface area contributed by atoms with Gasteiger partial charge in [-0.25, -0.2) is 4.98 Å².